The van der Waals surface area contributed by atoms with Gasteiger partial charge in [0.15, 0.2) is 22.7 Å². The molecule has 1 aliphatic rings. The van der Waals surface area contributed by atoms with Gasteiger partial charge < -0.3 is 14.2 Å². The Hall–Kier alpha value is -7.10. The molecule has 6 heterocycles. The van der Waals surface area contributed by atoms with E-state index in [1.807, 2.05) is 30.0 Å². The van der Waals surface area contributed by atoms with Crippen molar-refractivity contribution < 1.29 is 13.9 Å². The van der Waals surface area contributed by atoms with Crippen LogP contribution in [0, 0.1) is 34.3 Å². The first-order valence-corrected chi connectivity index (χ1v) is 17.2. The summed E-state index contributed by atoms with van der Waals surface area (Å²) in [5, 5.41) is 37.5. The summed E-state index contributed by atoms with van der Waals surface area (Å²) in [5.74, 6) is -0.614. The minimum absolute atomic E-state index is 0.0561. The molecule has 1 aliphatic carbocycles. The van der Waals surface area contributed by atoms with Crippen molar-refractivity contribution in [1.29, 1.82) is 10.5 Å². The van der Waals surface area contributed by atoms with Gasteiger partial charge in [-0.05, 0) is 92.1 Å². The first-order chi connectivity index (χ1) is 26.4. The fourth-order valence-electron chi connectivity index (χ4n) is 6.34. The quantitative estimate of drug-likeness (QED) is 0.177. The van der Waals surface area contributed by atoms with Gasteiger partial charge in [0.25, 0.3) is 0 Å². The Morgan fingerprint density at radius 1 is 0.704 bits per heavy atom. The molecular weight excluding hydrogens is 691 g/mol. The second-order valence-electron chi connectivity index (χ2n) is 12.7. The summed E-state index contributed by atoms with van der Waals surface area (Å²) in [7, 11) is 0. The van der Waals surface area contributed by atoms with E-state index in [9.17, 15) is 24.4 Å². The van der Waals surface area contributed by atoms with Crippen LogP contribution in [0.1, 0.15) is 49.7 Å². The zero-order valence-corrected chi connectivity index (χ0v) is 28.8. The molecule has 0 bridgehead atoms. The Morgan fingerprint density at radius 2 is 1.20 bits per heavy atom. The number of halogens is 2. The van der Waals surface area contributed by atoms with Gasteiger partial charge in [-0.1, -0.05) is 6.92 Å². The molecule has 8 aromatic rings. The van der Waals surface area contributed by atoms with Crippen LogP contribution in [0.2, 0.25) is 0 Å². The molecule has 15 heteroatoms. The van der Waals surface area contributed by atoms with Crippen LogP contribution in [-0.4, -0.2) is 60.0 Å². The van der Waals surface area contributed by atoms with E-state index in [1.165, 1.54) is 45.7 Å². The molecule has 1 saturated carbocycles. The molecule has 1 N–H and O–H groups in total. The lowest BCUT2D eigenvalue weighted by Crippen LogP contribution is -2.13. The molecule has 266 valence electrons. The predicted octanol–water partition coefficient (Wildman–Crippen LogP) is 6.82. The van der Waals surface area contributed by atoms with Crippen LogP contribution < -0.4 is 0 Å². The molecular formula is C39H30F2N12O. The predicted molar refractivity (Wildman–Crippen MR) is 193 cm³/mol. The van der Waals surface area contributed by atoms with E-state index in [-0.39, 0.29) is 24.3 Å². The number of aliphatic hydroxyl groups excluding tert-OH is 1. The zero-order chi connectivity index (χ0) is 37.3. The van der Waals surface area contributed by atoms with Gasteiger partial charge in [-0.3, -0.25) is 0 Å². The van der Waals surface area contributed by atoms with Gasteiger partial charge >= 0.3 is 0 Å². The van der Waals surface area contributed by atoms with Gasteiger partial charge in [0.05, 0.1) is 60.5 Å². The van der Waals surface area contributed by atoms with Crippen molar-refractivity contribution in [2.24, 2.45) is 0 Å². The van der Waals surface area contributed by atoms with Crippen molar-refractivity contribution in [3.63, 3.8) is 0 Å². The topological polar surface area (TPSA) is 164 Å². The van der Waals surface area contributed by atoms with E-state index in [1.54, 1.807) is 42.7 Å². The maximum Gasteiger partial charge on any atom is 0.162 e. The molecule has 6 aromatic heterocycles. The molecule has 2 aromatic carbocycles. The molecule has 0 spiro atoms. The number of benzene rings is 2. The minimum atomic E-state index is -0.330. The number of rotatable bonds is 8. The molecule has 13 nitrogen and oxygen atoms in total. The van der Waals surface area contributed by atoms with Crippen LogP contribution >= 0.6 is 0 Å². The van der Waals surface area contributed by atoms with Crippen molar-refractivity contribution in [2.45, 2.75) is 38.3 Å². The van der Waals surface area contributed by atoms with Gasteiger partial charge in [-0.25, -0.2) is 37.7 Å². The lowest BCUT2D eigenvalue weighted by atomic mass is 10.1. The molecule has 0 saturated heterocycles. The number of hydrogen-bond donors (Lipinski definition) is 1. The summed E-state index contributed by atoms with van der Waals surface area (Å²) >= 11 is 0. The highest BCUT2D eigenvalue weighted by Crippen LogP contribution is 2.41. The maximum absolute atomic E-state index is 13.4. The second kappa shape index (κ2) is 14.1. The van der Waals surface area contributed by atoms with Crippen LogP contribution in [0.3, 0.4) is 0 Å². The fraction of sp³-hybridized carbons (Fsp3) is 0.179. The largest absolute Gasteiger partial charge is 0.394 e. The second-order valence-corrected chi connectivity index (χ2v) is 12.7. The Kier molecular flexibility index (Phi) is 8.91. The fourth-order valence-corrected chi connectivity index (χ4v) is 6.34. The first kappa shape index (κ1) is 34.0. The highest BCUT2D eigenvalue weighted by Gasteiger charge is 2.29. The Bertz CT molecular complexity index is 2710. The minimum Gasteiger partial charge on any atom is -0.394 e. The van der Waals surface area contributed by atoms with Crippen LogP contribution in [0.15, 0.2) is 97.8 Å². The van der Waals surface area contributed by atoms with Crippen LogP contribution in [0.4, 0.5) is 8.78 Å². The summed E-state index contributed by atoms with van der Waals surface area (Å²) < 4.78 is 33.7. The molecule has 1 atom stereocenters. The summed E-state index contributed by atoms with van der Waals surface area (Å²) in [5.41, 5.74) is 7.65. The third-order valence-electron chi connectivity index (χ3n) is 9.28. The van der Waals surface area contributed by atoms with Gasteiger partial charge in [-0.2, -0.15) is 20.7 Å². The van der Waals surface area contributed by atoms with Crippen molar-refractivity contribution in [2.75, 3.05) is 6.61 Å². The molecule has 0 aliphatic heterocycles. The maximum atomic E-state index is 13.4. The van der Waals surface area contributed by atoms with Crippen LogP contribution in [-0.2, 0) is 0 Å². The molecule has 0 amide bonds. The van der Waals surface area contributed by atoms with Gasteiger partial charge in [0.1, 0.15) is 35.2 Å². The van der Waals surface area contributed by atoms with Gasteiger partial charge in [-0.15, -0.1) is 0 Å². The molecule has 54 heavy (non-hydrogen) atoms. The van der Waals surface area contributed by atoms with Crippen molar-refractivity contribution in [3.05, 3.63) is 121 Å². The Morgan fingerprint density at radius 3 is 1.69 bits per heavy atom. The average Bonchev–Trinajstić information content (AvgIpc) is 3.51. The average molecular weight is 721 g/mol. The van der Waals surface area contributed by atoms with Gasteiger partial charge in [0.2, 0.25) is 0 Å². The number of imidazole rings is 4. The Labute approximate surface area is 306 Å². The summed E-state index contributed by atoms with van der Waals surface area (Å²) in [6, 6.07) is 24.0. The monoisotopic (exact) mass is 720 g/mol. The van der Waals surface area contributed by atoms with Crippen molar-refractivity contribution >= 4 is 11.3 Å². The third-order valence-corrected chi connectivity index (χ3v) is 9.28. The zero-order valence-electron chi connectivity index (χ0n) is 28.8. The summed E-state index contributed by atoms with van der Waals surface area (Å²) in [6.45, 7) is 1.92. The smallest absolute Gasteiger partial charge is 0.162 e. The SMILES string of the molecule is CC[C@@H](CO)n1cnc(-c2ccc(F)cc2)c1-c1ccc2ncc(C#N)n2n1.N#Cc1cnc2ccc(-c3c(-c4ccc(F)cc4)ncn3C3CC3)nn12. The standard InChI is InChI=1S/C20H17FN6O.C19H13FN6/c1-2-15(11-28)26-12-24-19(13-3-5-14(21)6-4-13)20(26)17-7-8-18-23-10-16(9-22)27(18)25-17;20-13-3-1-12(2-4-13)18-19(25(11-23-18)14-5-6-14)16-7-8-17-22-10-15(9-21)26(17)24-16/h3-8,10,12,15,28H,2,11H2,1H3;1-4,7-8,10-11,14H,5-6H2/t15-;/m0./s1. The van der Waals surface area contributed by atoms with Crippen LogP contribution in [0.25, 0.3) is 56.6 Å². The molecule has 9 rings (SSSR count). The number of nitriles is 2. The number of aromatic nitrogens is 10. The Balaban J connectivity index is 0.000000153. The highest BCUT2D eigenvalue weighted by atomic mass is 19.1. The summed E-state index contributed by atoms with van der Waals surface area (Å²) in [4.78, 5) is 17.4. The van der Waals surface area contributed by atoms with E-state index < -0.39 is 0 Å². The van der Waals surface area contributed by atoms with Crippen molar-refractivity contribution in [3.8, 4) is 57.4 Å². The third kappa shape index (κ3) is 6.23. The van der Waals surface area contributed by atoms with Crippen LogP contribution in [0.5, 0.6) is 0 Å². The highest BCUT2D eigenvalue weighted by molar-refractivity contribution is 5.78. The summed E-state index contributed by atoms with van der Waals surface area (Å²) in [6.07, 6.45) is 9.34. The lowest BCUT2D eigenvalue weighted by molar-refractivity contribution is 0.225. The number of hydrogen-bond acceptors (Lipinski definition) is 9. The number of aliphatic hydroxyl groups is 1. The molecule has 0 radical (unpaired) electrons. The number of fused-ring (bicyclic) bond motifs is 2. The van der Waals surface area contributed by atoms with Gasteiger partial charge in [0, 0.05) is 17.2 Å². The van der Waals surface area contributed by atoms with E-state index in [0.717, 1.165) is 35.4 Å². The normalized spacial score (nSPS) is 13.0. The first-order valence-electron chi connectivity index (χ1n) is 17.2. The lowest BCUT2D eigenvalue weighted by Gasteiger charge is -2.17. The number of nitrogens with zero attached hydrogens (tertiary/aromatic N) is 12. The van der Waals surface area contributed by atoms with E-state index in [0.29, 0.717) is 57.9 Å². The van der Waals surface area contributed by atoms with E-state index in [2.05, 4.69) is 46.8 Å². The van der Waals surface area contributed by atoms with Crippen molar-refractivity contribution in [1.82, 2.24) is 48.3 Å². The van der Waals surface area contributed by atoms with E-state index >= 15 is 0 Å². The molecule has 1 fully saturated rings. The molecule has 0 unspecified atom stereocenters. The van der Waals surface area contributed by atoms with E-state index in [4.69, 9.17) is 0 Å².